The molecule has 0 unspecified atom stereocenters. The predicted octanol–water partition coefficient (Wildman–Crippen LogP) is 3.98. The summed E-state index contributed by atoms with van der Waals surface area (Å²) in [6, 6.07) is 20.1. The number of ether oxygens (including phenoxy) is 1. The van der Waals surface area contributed by atoms with Crippen molar-refractivity contribution < 1.29 is 13.9 Å². The largest absolute Gasteiger partial charge is 0.469 e. The highest BCUT2D eigenvalue weighted by Crippen LogP contribution is 2.34. The maximum absolute atomic E-state index is 11.2. The second-order valence-corrected chi connectivity index (χ2v) is 5.18. The smallest absolute Gasteiger partial charge is 0.307 e. The Bertz CT molecular complexity index is 741. The number of hydrogen-bond acceptors (Lipinski definition) is 5. The molecular formula is C19H18N2O3. The highest BCUT2D eigenvalue weighted by molar-refractivity contribution is 5.78. The van der Waals surface area contributed by atoms with Crippen LogP contribution in [0.4, 0.5) is 6.01 Å². The quantitative estimate of drug-likeness (QED) is 0.695. The Balaban J connectivity index is 1.90. The molecule has 0 bridgehead atoms. The minimum absolute atomic E-state index is 0.250. The van der Waals surface area contributed by atoms with Gasteiger partial charge in [0.2, 0.25) is 0 Å². The van der Waals surface area contributed by atoms with Crippen LogP contribution in [0.15, 0.2) is 65.1 Å². The molecule has 3 rings (SSSR count). The summed E-state index contributed by atoms with van der Waals surface area (Å²) < 4.78 is 10.5. The zero-order valence-corrected chi connectivity index (χ0v) is 13.4. The van der Waals surface area contributed by atoms with Gasteiger partial charge in [-0.1, -0.05) is 60.7 Å². The van der Waals surface area contributed by atoms with Crippen LogP contribution in [0.25, 0.3) is 22.6 Å². The van der Waals surface area contributed by atoms with Crippen LogP contribution in [0, 0.1) is 0 Å². The minimum atomic E-state index is -0.277. The standard InChI is InChI=1S/C19H18N2O3/c1-23-16(22)12-13-20-19-21-17(14-8-4-2-5-9-14)18(24-19)15-10-6-3-7-11-15/h2-11H,12-13H2,1H3,(H,20,21). The van der Waals surface area contributed by atoms with E-state index < -0.39 is 0 Å². The summed E-state index contributed by atoms with van der Waals surface area (Å²) in [7, 11) is 1.37. The van der Waals surface area contributed by atoms with Crippen LogP contribution in [0.1, 0.15) is 6.42 Å². The fourth-order valence-corrected chi connectivity index (χ4v) is 2.35. The monoisotopic (exact) mass is 322 g/mol. The van der Waals surface area contributed by atoms with Crippen LogP contribution in [-0.4, -0.2) is 24.6 Å². The van der Waals surface area contributed by atoms with Crippen LogP contribution in [0.3, 0.4) is 0 Å². The highest BCUT2D eigenvalue weighted by Gasteiger charge is 2.16. The Hall–Kier alpha value is -3.08. The lowest BCUT2D eigenvalue weighted by Crippen LogP contribution is -2.09. The van der Waals surface area contributed by atoms with Gasteiger partial charge in [0.15, 0.2) is 5.76 Å². The molecule has 0 saturated heterocycles. The van der Waals surface area contributed by atoms with Gasteiger partial charge >= 0.3 is 5.97 Å². The van der Waals surface area contributed by atoms with E-state index in [4.69, 9.17) is 4.42 Å². The normalized spacial score (nSPS) is 10.4. The number of methoxy groups -OCH3 is 1. The highest BCUT2D eigenvalue weighted by atomic mass is 16.5. The molecule has 24 heavy (non-hydrogen) atoms. The van der Waals surface area contributed by atoms with Crippen LogP contribution >= 0.6 is 0 Å². The molecule has 0 atom stereocenters. The number of carbonyl (C=O) groups excluding carboxylic acids is 1. The Labute approximate surface area is 140 Å². The fraction of sp³-hybridized carbons (Fsp3) is 0.158. The first kappa shape index (κ1) is 15.8. The topological polar surface area (TPSA) is 64.4 Å². The zero-order valence-electron chi connectivity index (χ0n) is 13.4. The molecule has 5 heteroatoms. The second-order valence-electron chi connectivity index (χ2n) is 5.18. The summed E-state index contributed by atoms with van der Waals surface area (Å²) in [5, 5.41) is 3.03. The van der Waals surface area contributed by atoms with Crippen molar-refractivity contribution in [2.24, 2.45) is 0 Å². The molecule has 1 heterocycles. The summed E-state index contributed by atoms with van der Waals surface area (Å²) in [5.41, 5.74) is 2.69. The molecule has 0 aliphatic carbocycles. The van der Waals surface area contributed by atoms with E-state index in [2.05, 4.69) is 15.0 Å². The molecule has 5 nitrogen and oxygen atoms in total. The van der Waals surface area contributed by atoms with Gasteiger partial charge in [0.05, 0.1) is 13.5 Å². The Morgan fingerprint density at radius 1 is 1.04 bits per heavy atom. The number of carbonyl (C=O) groups is 1. The van der Waals surface area contributed by atoms with Crippen molar-refractivity contribution in [3.63, 3.8) is 0 Å². The van der Waals surface area contributed by atoms with E-state index in [1.54, 1.807) is 0 Å². The number of benzene rings is 2. The number of aromatic nitrogens is 1. The van der Waals surface area contributed by atoms with Crippen molar-refractivity contribution in [2.45, 2.75) is 6.42 Å². The molecule has 0 spiro atoms. The molecule has 1 N–H and O–H groups in total. The van der Waals surface area contributed by atoms with E-state index in [9.17, 15) is 4.79 Å². The van der Waals surface area contributed by atoms with Crippen LogP contribution in [-0.2, 0) is 9.53 Å². The third-order valence-corrected chi connectivity index (χ3v) is 3.54. The van der Waals surface area contributed by atoms with E-state index in [-0.39, 0.29) is 12.4 Å². The molecule has 1 aromatic heterocycles. The molecule has 0 amide bonds. The molecule has 0 fully saturated rings. The maximum atomic E-state index is 11.2. The number of rotatable bonds is 6. The average molecular weight is 322 g/mol. The summed E-state index contributed by atoms with van der Waals surface area (Å²) in [6.45, 7) is 0.398. The lowest BCUT2D eigenvalue weighted by atomic mass is 10.1. The molecular weight excluding hydrogens is 304 g/mol. The predicted molar refractivity (Wildman–Crippen MR) is 92.5 cm³/mol. The van der Waals surface area contributed by atoms with E-state index in [0.717, 1.165) is 16.8 Å². The third kappa shape index (κ3) is 3.63. The number of nitrogens with one attached hydrogen (secondary N) is 1. The fourth-order valence-electron chi connectivity index (χ4n) is 2.35. The van der Waals surface area contributed by atoms with Gasteiger partial charge in [-0.05, 0) is 0 Å². The van der Waals surface area contributed by atoms with Gasteiger partial charge in [0.1, 0.15) is 5.69 Å². The minimum Gasteiger partial charge on any atom is -0.469 e. The van der Waals surface area contributed by atoms with Gasteiger partial charge in [0.25, 0.3) is 6.01 Å². The van der Waals surface area contributed by atoms with Gasteiger partial charge in [0, 0.05) is 17.7 Å². The van der Waals surface area contributed by atoms with Gasteiger partial charge in [-0.15, -0.1) is 0 Å². The lowest BCUT2D eigenvalue weighted by Gasteiger charge is -2.01. The molecule has 0 aliphatic heterocycles. The molecule has 0 aliphatic rings. The van der Waals surface area contributed by atoms with Crippen molar-refractivity contribution in [1.82, 2.24) is 4.98 Å². The van der Waals surface area contributed by atoms with Crippen molar-refractivity contribution >= 4 is 12.0 Å². The number of oxazole rings is 1. The van der Waals surface area contributed by atoms with Gasteiger partial charge < -0.3 is 14.5 Å². The summed E-state index contributed by atoms with van der Waals surface area (Å²) >= 11 is 0. The van der Waals surface area contributed by atoms with Crippen molar-refractivity contribution in [2.75, 3.05) is 19.0 Å². The number of hydrogen-bond donors (Lipinski definition) is 1. The van der Waals surface area contributed by atoms with E-state index >= 15 is 0 Å². The first-order chi connectivity index (χ1) is 11.8. The first-order valence-electron chi connectivity index (χ1n) is 7.70. The van der Waals surface area contributed by atoms with Crippen molar-refractivity contribution in [1.29, 1.82) is 0 Å². The van der Waals surface area contributed by atoms with E-state index in [0.29, 0.717) is 18.3 Å². The Kier molecular flexibility index (Phi) is 4.91. The van der Waals surface area contributed by atoms with Gasteiger partial charge in [-0.3, -0.25) is 4.79 Å². The van der Waals surface area contributed by atoms with Crippen molar-refractivity contribution in [3.05, 3.63) is 60.7 Å². The van der Waals surface area contributed by atoms with E-state index in [1.165, 1.54) is 7.11 Å². The maximum Gasteiger partial charge on any atom is 0.307 e. The molecule has 2 aromatic carbocycles. The molecule has 0 radical (unpaired) electrons. The summed E-state index contributed by atoms with van der Waals surface area (Å²) in [5.74, 6) is 0.419. The van der Waals surface area contributed by atoms with Gasteiger partial charge in [-0.2, -0.15) is 4.98 Å². The molecule has 3 aromatic rings. The van der Waals surface area contributed by atoms with Crippen LogP contribution < -0.4 is 5.32 Å². The lowest BCUT2D eigenvalue weighted by molar-refractivity contribution is -0.140. The number of anilines is 1. The van der Waals surface area contributed by atoms with Crippen molar-refractivity contribution in [3.8, 4) is 22.6 Å². The number of nitrogens with zero attached hydrogens (tertiary/aromatic N) is 1. The van der Waals surface area contributed by atoms with E-state index in [1.807, 2.05) is 60.7 Å². The van der Waals surface area contributed by atoms with Crippen LogP contribution in [0.5, 0.6) is 0 Å². The SMILES string of the molecule is COC(=O)CCNc1nc(-c2ccccc2)c(-c2ccccc2)o1. The average Bonchev–Trinajstić information content (AvgIpc) is 3.07. The Morgan fingerprint density at radius 3 is 2.29 bits per heavy atom. The third-order valence-electron chi connectivity index (χ3n) is 3.54. The van der Waals surface area contributed by atoms with Gasteiger partial charge in [-0.25, -0.2) is 0 Å². The van der Waals surface area contributed by atoms with Crippen LogP contribution in [0.2, 0.25) is 0 Å². The number of esters is 1. The summed E-state index contributed by atoms with van der Waals surface area (Å²) in [6.07, 6.45) is 0.250. The second kappa shape index (κ2) is 7.46. The molecule has 0 saturated carbocycles. The summed E-state index contributed by atoms with van der Waals surface area (Å²) in [4.78, 5) is 15.8. The first-order valence-corrected chi connectivity index (χ1v) is 7.70. The Morgan fingerprint density at radius 2 is 1.67 bits per heavy atom. The molecule has 122 valence electrons. The zero-order chi connectivity index (χ0) is 16.8.